The summed E-state index contributed by atoms with van der Waals surface area (Å²) in [6.07, 6.45) is 4.12. The zero-order chi connectivity index (χ0) is 14.7. The maximum atomic E-state index is 9.68. The molecule has 2 N–H and O–H groups in total. The van der Waals surface area contributed by atoms with Gasteiger partial charge >= 0.3 is 0 Å². The van der Waals surface area contributed by atoms with Crippen molar-refractivity contribution in [3.05, 3.63) is 30.0 Å². The van der Waals surface area contributed by atoms with Gasteiger partial charge in [-0.2, -0.15) is 0 Å². The first-order valence-electron chi connectivity index (χ1n) is 7.70. The molecule has 1 aliphatic carbocycles. The molecule has 0 radical (unpaired) electrons. The molecule has 0 aliphatic heterocycles. The number of rotatable bonds is 5. The van der Waals surface area contributed by atoms with Crippen LogP contribution in [-0.2, 0) is 6.54 Å². The highest BCUT2D eigenvalue weighted by atomic mass is 16.5. The third-order valence-electron chi connectivity index (χ3n) is 4.26. The number of benzene rings is 1. The van der Waals surface area contributed by atoms with E-state index in [4.69, 9.17) is 9.15 Å². The van der Waals surface area contributed by atoms with Crippen molar-refractivity contribution < 1.29 is 14.3 Å². The number of fused-ring (bicyclic) bond motifs is 1. The number of aliphatic hydroxyl groups excluding tert-OH is 1. The lowest BCUT2D eigenvalue weighted by molar-refractivity contribution is 0.100. The summed E-state index contributed by atoms with van der Waals surface area (Å²) in [5.74, 6) is 2.37. The van der Waals surface area contributed by atoms with Gasteiger partial charge in [-0.15, -0.1) is 0 Å². The molecule has 1 heterocycles. The van der Waals surface area contributed by atoms with E-state index in [2.05, 4.69) is 11.4 Å². The molecule has 0 saturated heterocycles. The van der Waals surface area contributed by atoms with E-state index in [9.17, 15) is 5.11 Å². The third-order valence-corrected chi connectivity index (χ3v) is 4.26. The van der Waals surface area contributed by atoms with E-state index in [1.807, 2.05) is 18.2 Å². The van der Waals surface area contributed by atoms with Crippen LogP contribution in [0.1, 0.15) is 31.4 Å². The molecule has 1 fully saturated rings. The zero-order valence-electron chi connectivity index (χ0n) is 12.5. The van der Waals surface area contributed by atoms with Crippen LogP contribution in [0.3, 0.4) is 0 Å². The second-order valence-corrected chi connectivity index (χ2v) is 5.93. The van der Waals surface area contributed by atoms with Crippen molar-refractivity contribution in [2.45, 2.75) is 38.3 Å². The molecule has 1 aromatic carbocycles. The van der Waals surface area contributed by atoms with E-state index >= 15 is 0 Å². The molecule has 4 nitrogen and oxygen atoms in total. The van der Waals surface area contributed by atoms with Gasteiger partial charge in [0.05, 0.1) is 19.8 Å². The molecule has 1 aromatic heterocycles. The SMILES string of the molecule is COc1ccc2oc(CNCC3CCCC(O)C3)cc2c1. The molecule has 0 amide bonds. The van der Waals surface area contributed by atoms with E-state index in [0.717, 1.165) is 54.8 Å². The standard InChI is InChI=1S/C17H23NO3/c1-20-15-5-6-17-13(8-15)9-16(21-17)11-18-10-12-3-2-4-14(19)7-12/h5-6,8-9,12,14,18-19H,2-4,7,10-11H2,1H3. The number of aliphatic hydroxyl groups is 1. The lowest BCUT2D eigenvalue weighted by atomic mass is 9.87. The minimum Gasteiger partial charge on any atom is -0.497 e. The Balaban J connectivity index is 1.55. The number of hydrogen-bond acceptors (Lipinski definition) is 4. The normalized spacial score (nSPS) is 22.6. The van der Waals surface area contributed by atoms with Crippen molar-refractivity contribution >= 4 is 11.0 Å². The Labute approximate surface area is 125 Å². The first-order valence-corrected chi connectivity index (χ1v) is 7.70. The third kappa shape index (κ3) is 3.57. The van der Waals surface area contributed by atoms with Gasteiger partial charge in [-0.25, -0.2) is 0 Å². The number of methoxy groups -OCH3 is 1. The molecule has 0 spiro atoms. The predicted octanol–water partition coefficient (Wildman–Crippen LogP) is 3.08. The summed E-state index contributed by atoms with van der Waals surface area (Å²) in [5, 5.41) is 14.2. The molecular formula is C17H23NO3. The maximum absolute atomic E-state index is 9.68. The topological polar surface area (TPSA) is 54.6 Å². The van der Waals surface area contributed by atoms with Crippen LogP contribution in [0, 0.1) is 5.92 Å². The summed E-state index contributed by atoms with van der Waals surface area (Å²) in [5.41, 5.74) is 0.890. The summed E-state index contributed by atoms with van der Waals surface area (Å²) >= 11 is 0. The molecule has 1 saturated carbocycles. The minimum absolute atomic E-state index is 0.107. The van der Waals surface area contributed by atoms with E-state index in [1.54, 1.807) is 7.11 Å². The Bertz CT molecular complexity index is 593. The van der Waals surface area contributed by atoms with Crippen molar-refractivity contribution in [2.24, 2.45) is 5.92 Å². The average Bonchev–Trinajstić information content (AvgIpc) is 2.89. The minimum atomic E-state index is -0.107. The molecule has 4 heteroatoms. The second-order valence-electron chi connectivity index (χ2n) is 5.93. The van der Waals surface area contributed by atoms with Crippen LogP contribution in [0.25, 0.3) is 11.0 Å². The molecule has 21 heavy (non-hydrogen) atoms. The number of ether oxygens (including phenoxy) is 1. The quantitative estimate of drug-likeness (QED) is 0.888. The summed E-state index contributed by atoms with van der Waals surface area (Å²) in [6, 6.07) is 7.89. The molecule has 0 bridgehead atoms. The smallest absolute Gasteiger partial charge is 0.134 e. The van der Waals surface area contributed by atoms with Gasteiger partial charge < -0.3 is 19.6 Å². The lowest BCUT2D eigenvalue weighted by Crippen LogP contribution is -2.28. The lowest BCUT2D eigenvalue weighted by Gasteiger charge is -2.25. The second kappa shape index (κ2) is 6.50. The Hall–Kier alpha value is -1.52. The van der Waals surface area contributed by atoms with Crippen LogP contribution in [0.2, 0.25) is 0 Å². The maximum Gasteiger partial charge on any atom is 0.134 e. The number of furan rings is 1. The van der Waals surface area contributed by atoms with Crippen molar-refractivity contribution in [3.8, 4) is 5.75 Å². The van der Waals surface area contributed by atoms with Crippen LogP contribution < -0.4 is 10.1 Å². The van der Waals surface area contributed by atoms with Gasteiger partial charge in [0, 0.05) is 5.39 Å². The fourth-order valence-corrected chi connectivity index (χ4v) is 3.14. The van der Waals surface area contributed by atoms with E-state index in [-0.39, 0.29) is 6.10 Å². The summed E-state index contributed by atoms with van der Waals surface area (Å²) in [6.45, 7) is 1.67. The van der Waals surface area contributed by atoms with Gasteiger partial charge in [0.25, 0.3) is 0 Å². The van der Waals surface area contributed by atoms with Crippen molar-refractivity contribution in [3.63, 3.8) is 0 Å². The Morgan fingerprint density at radius 1 is 1.33 bits per heavy atom. The number of hydrogen-bond donors (Lipinski definition) is 2. The van der Waals surface area contributed by atoms with Crippen LogP contribution in [0.5, 0.6) is 5.75 Å². The van der Waals surface area contributed by atoms with E-state index in [1.165, 1.54) is 6.42 Å². The van der Waals surface area contributed by atoms with Gasteiger partial charge in [-0.3, -0.25) is 0 Å². The van der Waals surface area contributed by atoms with Crippen molar-refractivity contribution in [2.75, 3.05) is 13.7 Å². The summed E-state index contributed by atoms with van der Waals surface area (Å²) < 4.78 is 11.0. The molecular weight excluding hydrogens is 266 g/mol. The summed E-state index contributed by atoms with van der Waals surface area (Å²) in [4.78, 5) is 0. The molecule has 2 aromatic rings. The first-order chi connectivity index (χ1) is 10.2. The van der Waals surface area contributed by atoms with Gasteiger partial charge in [0.2, 0.25) is 0 Å². The Morgan fingerprint density at radius 3 is 3.05 bits per heavy atom. The fraction of sp³-hybridized carbons (Fsp3) is 0.529. The van der Waals surface area contributed by atoms with Crippen LogP contribution in [0.4, 0.5) is 0 Å². The highest BCUT2D eigenvalue weighted by molar-refractivity contribution is 5.79. The number of nitrogens with one attached hydrogen (secondary N) is 1. The van der Waals surface area contributed by atoms with Gasteiger partial charge in [-0.1, -0.05) is 6.42 Å². The molecule has 3 rings (SSSR count). The molecule has 2 atom stereocenters. The zero-order valence-corrected chi connectivity index (χ0v) is 12.5. The van der Waals surface area contributed by atoms with E-state index in [0.29, 0.717) is 5.92 Å². The Morgan fingerprint density at radius 2 is 2.24 bits per heavy atom. The predicted molar refractivity (Wildman–Crippen MR) is 82.4 cm³/mol. The molecule has 2 unspecified atom stereocenters. The summed E-state index contributed by atoms with van der Waals surface area (Å²) in [7, 11) is 1.67. The monoisotopic (exact) mass is 289 g/mol. The van der Waals surface area contributed by atoms with Crippen LogP contribution in [-0.4, -0.2) is 24.9 Å². The highest BCUT2D eigenvalue weighted by Crippen LogP contribution is 2.25. The Kier molecular flexibility index (Phi) is 4.46. The highest BCUT2D eigenvalue weighted by Gasteiger charge is 2.19. The molecule has 1 aliphatic rings. The molecule has 114 valence electrons. The van der Waals surface area contributed by atoms with Crippen LogP contribution in [0.15, 0.2) is 28.7 Å². The first kappa shape index (κ1) is 14.4. The van der Waals surface area contributed by atoms with Crippen LogP contribution >= 0.6 is 0 Å². The van der Waals surface area contributed by atoms with Crippen molar-refractivity contribution in [1.29, 1.82) is 0 Å². The van der Waals surface area contributed by atoms with Gasteiger partial charge in [0.1, 0.15) is 17.1 Å². The largest absolute Gasteiger partial charge is 0.497 e. The van der Waals surface area contributed by atoms with Gasteiger partial charge in [-0.05, 0) is 56.0 Å². The average molecular weight is 289 g/mol. The fourth-order valence-electron chi connectivity index (χ4n) is 3.14. The van der Waals surface area contributed by atoms with Crippen molar-refractivity contribution in [1.82, 2.24) is 5.32 Å². The van der Waals surface area contributed by atoms with E-state index < -0.39 is 0 Å². The van der Waals surface area contributed by atoms with Gasteiger partial charge in [0.15, 0.2) is 0 Å².